The van der Waals surface area contributed by atoms with E-state index in [0.29, 0.717) is 0 Å². The fraction of sp³-hybridized carbons (Fsp3) is 0.400. The predicted octanol–water partition coefficient (Wildman–Crippen LogP) is -0.535. The van der Waals surface area contributed by atoms with Crippen LogP contribution in [0.4, 0.5) is 4.79 Å². The second kappa shape index (κ2) is 8.09. The number of alkyl carbamates (subject to hydrolysis) is 1. The standard InChI is InChI=1S/C10H13ClN4O4/c11-3-6-19-10(18)13-5-4-12-9(17)7-1-2-8(16)15-14-7/h1-2H,3-6H2,(H,12,17)(H,13,18)(H,15,16). The summed E-state index contributed by atoms with van der Waals surface area (Å²) in [6, 6.07) is 2.50. The molecule has 0 aliphatic carbocycles. The molecule has 0 aliphatic heterocycles. The maximum atomic E-state index is 11.5. The summed E-state index contributed by atoms with van der Waals surface area (Å²) in [7, 11) is 0. The van der Waals surface area contributed by atoms with E-state index in [0.717, 1.165) is 0 Å². The first-order valence-electron chi connectivity index (χ1n) is 5.44. The number of ether oxygens (including phenoxy) is 1. The summed E-state index contributed by atoms with van der Waals surface area (Å²) in [4.78, 5) is 33.3. The number of amides is 2. The van der Waals surface area contributed by atoms with Gasteiger partial charge >= 0.3 is 6.09 Å². The lowest BCUT2D eigenvalue weighted by Crippen LogP contribution is -2.35. The number of halogens is 1. The van der Waals surface area contributed by atoms with Gasteiger partial charge in [0.25, 0.3) is 11.5 Å². The van der Waals surface area contributed by atoms with Crippen molar-refractivity contribution in [2.24, 2.45) is 0 Å². The van der Waals surface area contributed by atoms with Crippen LogP contribution in [-0.4, -0.2) is 47.8 Å². The highest BCUT2D eigenvalue weighted by molar-refractivity contribution is 6.18. The molecule has 8 nitrogen and oxygen atoms in total. The van der Waals surface area contributed by atoms with Crippen molar-refractivity contribution in [3.8, 4) is 0 Å². The number of hydrogen-bond donors (Lipinski definition) is 3. The Hall–Kier alpha value is -2.09. The number of aromatic amines is 1. The number of nitrogens with one attached hydrogen (secondary N) is 3. The Bertz CT molecular complexity index is 470. The molecule has 0 atom stereocenters. The van der Waals surface area contributed by atoms with Crippen LogP contribution in [0.5, 0.6) is 0 Å². The third-order valence-corrected chi connectivity index (χ3v) is 2.06. The third-order valence-electron chi connectivity index (χ3n) is 1.90. The molecule has 104 valence electrons. The molecular formula is C10H13ClN4O4. The zero-order valence-corrected chi connectivity index (χ0v) is 10.7. The highest BCUT2D eigenvalue weighted by atomic mass is 35.5. The molecule has 0 bridgehead atoms. The minimum absolute atomic E-state index is 0.0873. The maximum absolute atomic E-state index is 11.5. The number of rotatable bonds is 6. The van der Waals surface area contributed by atoms with E-state index in [1.54, 1.807) is 0 Å². The van der Waals surface area contributed by atoms with Crippen LogP contribution >= 0.6 is 11.6 Å². The Morgan fingerprint density at radius 1 is 1.32 bits per heavy atom. The second-order valence-electron chi connectivity index (χ2n) is 3.31. The zero-order chi connectivity index (χ0) is 14.1. The van der Waals surface area contributed by atoms with Gasteiger partial charge in [0.2, 0.25) is 0 Å². The van der Waals surface area contributed by atoms with Gasteiger partial charge in [0.1, 0.15) is 12.3 Å². The lowest BCUT2D eigenvalue weighted by atomic mass is 10.3. The summed E-state index contributed by atoms with van der Waals surface area (Å²) in [6.45, 7) is 0.535. The fourth-order valence-corrected chi connectivity index (χ4v) is 1.16. The largest absolute Gasteiger partial charge is 0.448 e. The molecule has 9 heteroatoms. The van der Waals surface area contributed by atoms with E-state index < -0.39 is 12.0 Å². The summed E-state index contributed by atoms with van der Waals surface area (Å²) in [5.41, 5.74) is -0.301. The van der Waals surface area contributed by atoms with Crippen LogP contribution < -0.4 is 16.2 Å². The maximum Gasteiger partial charge on any atom is 0.407 e. The number of aromatic nitrogens is 2. The summed E-state index contributed by atoms with van der Waals surface area (Å²) in [5, 5.41) is 10.6. The third kappa shape index (κ3) is 5.87. The molecule has 0 radical (unpaired) electrons. The van der Waals surface area contributed by atoms with Gasteiger partial charge in [-0.3, -0.25) is 9.59 Å². The van der Waals surface area contributed by atoms with Gasteiger partial charge in [0, 0.05) is 19.2 Å². The van der Waals surface area contributed by atoms with Gasteiger partial charge in [0.15, 0.2) is 0 Å². The molecule has 0 aromatic carbocycles. The van der Waals surface area contributed by atoms with Crippen LogP contribution in [0.15, 0.2) is 16.9 Å². The van der Waals surface area contributed by atoms with Crippen LogP contribution in [-0.2, 0) is 4.74 Å². The predicted molar refractivity (Wildman–Crippen MR) is 67.3 cm³/mol. The number of hydrogen-bond acceptors (Lipinski definition) is 5. The smallest absolute Gasteiger partial charge is 0.407 e. The van der Waals surface area contributed by atoms with Gasteiger partial charge < -0.3 is 15.4 Å². The van der Waals surface area contributed by atoms with Gasteiger partial charge in [-0.15, -0.1) is 11.6 Å². The highest BCUT2D eigenvalue weighted by Crippen LogP contribution is 1.87. The summed E-state index contributed by atoms with van der Waals surface area (Å²) in [5.74, 6) is -0.227. The number of carbonyl (C=O) groups excluding carboxylic acids is 2. The molecule has 0 saturated heterocycles. The van der Waals surface area contributed by atoms with Crippen LogP contribution in [0.25, 0.3) is 0 Å². The van der Waals surface area contributed by atoms with Crippen molar-refractivity contribution in [2.45, 2.75) is 0 Å². The minimum Gasteiger partial charge on any atom is -0.448 e. The van der Waals surface area contributed by atoms with E-state index in [1.807, 2.05) is 0 Å². The molecule has 1 heterocycles. The van der Waals surface area contributed by atoms with Gasteiger partial charge in [0.05, 0.1) is 5.88 Å². The Morgan fingerprint density at radius 2 is 2.05 bits per heavy atom. The quantitative estimate of drug-likeness (QED) is 0.481. The van der Waals surface area contributed by atoms with E-state index in [2.05, 4.69) is 25.6 Å². The average molecular weight is 289 g/mol. The first kappa shape index (κ1) is 15.0. The molecule has 2 amide bonds. The first-order valence-corrected chi connectivity index (χ1v) is 5.97. The van der Waals surface area contributed by atoms with Crippen molar-refractivity contribution >= 4 is 23.6 Å². The van der Waals surface area contributed by atoms with Crippen molar-refractivity contribution in [2.75, 3.05) is 25.6 Å². The van der Waals surface area contributed by atoms with E-state index >= 15 is 0 Å². The van der Waals surface area contributed by atoms with Crippen molar-refractivity contribution in [1.82, 2.24) is 20.8 Å². The van der Waals surface area contributed by atoms with E-state index in [-0.39, 0.29) is 36.8 Å². The van der Waals surface area contributed by atoms with Crippen molar-refractivity contribution in [1.29, 1.82) is 0 Å². The molecule has 19 heavy (non-hydrogen) atoms. The SMILES string of the molecule is O=C(NCCNC(=O)c1ccc(=O)[nH]n1)OCCCl. The second-order valence-corrected chi connectivity index (χ2v) is 3.69. The molecule has 1 rings (SSSR count). The molecule has 1 aromatic heterocycles. The summed E-state index contributed by atoms with van der Waals surface area (Å²) < 4.78 is 4.65. The van der Waals surface area contributed by atoms with Crippen LogP contribution in [0.3, 0.4) is 0 Å². The number of alkyl halides is 1. The first-order chi connectivity index (χ1) is 9.13. The van der Waals surface area contributed by atoms with Gasteiger partial charge in [-0.25, -0.2) is 9.89 Å². The lowest BCUT2D eigenvalue weighted by Gasteiger charge is -2.06. The molecule has 0 aliphatic rings. The summed E-state index contributed by atoms with van der Waals surface area (Å²) in [6.07, 6.45) is -0.600. The van der Waals surface area contributed by atoms with E-state index in [1.165, 1.54) is 12.1 Å². The number of H-pyrrole nitrogens is 1. The lowest BCUT2D eigenvalue weighted by molar-refractivity contribution is 0.0946. The van der Waals surface area contributed by atoms with Crippen molar-refractivity contribution in [3.05, 3.63) is 28.2 Å². The van der Waals surface area contributed by atoms with E-state index in [4.69, 9.17) is 11.6 Å². The van der Waals surface area contributed by atoms with Gasteiger partial charge in [-0.2, -0.15) is 5.10 Å². The Balaban J connectivity index is 2.22. The zero-order valence-electron chi connectivity index (χ0n) is 9.94. The number of nitrogens with zero attached hydrogens (tertiary/aromatic N) is 1. The molecule has 1 aromatic rings. The number of carbonyl (C=O) groups is 2. The molecule has 3 N–H and O–H groups in total. The average Bonchev–Trinajstić information content (AvgIpc) is 2.41. The van der Waals surface area contributed by atoms with Gasteiger partial charge in [-0.1, -0.05) is 0 Å². The molecule has 0 spiro atoms. The molecule has 0 unspecified atom stereocenters. The fourth-order valence-electron chi connectivity index (χ4n) is 1.08. The Morgan fingerprint density at radius 3 is 2.68 bits per heavy atom. The van der Waals surface area contributed by atoms with Crippen LogP contribution in [0.2, 0.25) is 0 Å². The van der Waals surface area contributed by atoms with E-state index in [9.17, 15) is 14.4 Å². The minimum atomic E-state index is -0.600. The van der Waals surface area contributed by atoms with Crippen molar-refractivity contribution < 1.29 is 14.3 Å². The Kier molecular flexibility index (Phi) is 6.37. The molecule has 0 saturated carbocycles. The highest BCUT2D eigenvalue weighted by Gasteiger charge is 2.06. The van der Waals surface area contributed by atoms with Gasteiger partial charge in [-0.05, 0) is 6.07 Å². The molecule has 0 fully saturated rings. The van der Waals surface area contributed by atoms with Crippen LogP contribution in [0.1, 0.15) is 10.5 Å². The Labute approximate surface area is 113 Å². The topological polar surface area (TPSA) is 113 Å². The van der Waals surface area contributed by atoms with Crippen LogP contribution in [0, 0.1) is 0 Å². The monoisotopic (exact) mass is 288 g/mol. The van der Waals surface area contributed by atoms with Crippen molar-refractivity contribution in [3.63, 3.8) is 0 Å². The normalized spacial score (nSPS) is 9.74. The summed E-state index contributed by atoms with van der Waals surface area (Å²) >= 11 is 5.33. The molecular weight excluding hydrogens is 276 g/mol.